The Morgan fingerprint density at radius 3 is 0.683 bits per heavy atom. The van der Waals surface area contributed by atoms with Gasteiger partial charge in [0.05, 0.1) is 0 Å². The Kier molecular flexibility index (Phi) is 26.4. The van der Waals surface area contributed by atoms with E-state index in [0.717, 1.165) is 0 Å². The van der Waals surface area contributed by atoms with Gasteiger partial charge in [-0.2, -0.15) is 0 Å². The lowest BCUT2D eigenvalue weighted by Gasteiger charge is -2.43. The van der Waals surface area contributed by atoms with Gasteiger partial charge in [0.25, 0.3) is 8.32 Å². The van der Waals surface area contributed by atoms with E-state index in [4.69, 9.17) is 90.1 Å². The maximum atomic E-state index is 6.82. The van der Waals surface area contributed by atoms with E-state index < -0.39 is 88.0 Å². The molecule has 0 saturated carbocycles. The third-order valence-corrected chi connectivity index (χ3v) is 40.7. The van der Waals surface area contributed by atoms with E-state index in [0.29, 0.717) is 0 Å². The summed E-state index contributed by atoms with van der Waals surface area (Å²) in [6, 6.07) is 0. The minimum absolute atomic E-state index is 1.20. The average molecular weight is 1070 g/mol. The van der Waals surface area contributed by atoms with Crippen molar-refractivity contribution in [2.45, 2.75) is 0 Å². The number of hydrogen-bond acceptors (Lipinski definition) is 21. The zero-order chi connectivity index (χ0) is 48.9. The normalized spacial score (nSPS) is 14.5. The molecule has 360 valence electrons. The molecule has 1 unspecified atom stereocenters. The van der Waals surface area contributed by atoms with E-state index in [1.807, 2.05) is 0 Å². The molecule has 0 aromatic rings. The lowest BCUT2D eigenvalue weighted by molar-refractivity contribution is -0.0621. The standard InChI is InChI=1S/C32H66O21Si10/c1-23-54(24-2,25-3)45-55(26-4,27-5)46-56(28-6,29-7)47-57(30-8,31-9)48-58(32-10,33-11)49-60(37-15,38-16)51-62(41-19,42-20)53-63(43-21,44-22)52-61(39-17,40-18)50-59(34-12,35-13)36-14/h23-32H,1-10H2,11-22H3. The second-order valence-corrected chi connectivity index (χ2v) is 40.1. The van der Waals surface area contributed by atoms with Gasteiger partial charge in [-0.15, -0.1) is 59.2 Å². The van der Waals surface area contributed by atoms with Gasteiger partial charge in [0.15, 0.2) is 0 Å². The van der Waals surface area contributed by atoms with Crippen molar-refractivity contribution < 1.29 is 90.1 Å². The van der Waals surface area contributed by atoms with Crippen LogP contribution in [-0.4, -0.2) is 173 Å². The van der Waals surface area contributed by atoms with Crippen molar-refractivity contribution in [1.82, 2.24) is 0 Å². The smallest absolute Gasteiger partial charge is 0.420 e. The molecule has 0 rings (SSSR count). The van der Waals surface area contributed by atoms with Crippen molar-refractivity contribution in [3.63, 3.8) is 0 Å². The predicted molar refractivity (Wildman–Crippen MR) is 253 cm³/mol. The quantitative estimate of drug-likeness (QED) is 0.0809. The van der Waals surface area contributed by atoms with Gasteiger partial charge < -0.3 is 90.1 Å². The summed E-state index contributed by atoms with van der Waals surface area (Å²) >= 11 is 0. The van der Waals surface area contributed by atoms with Crippen LogP contribution in [0, 0.1) is 0 Å². The fourth-order valence-corrected chi connectivity index (χ4v) is 38.3. The fourth-order valence-electron chi connectivity index (χ4n) is 4.70. The Hall–Kier alpha value is -1.27. The molecule has 0 aliphatic rings. The van der Waals surface area contributed by atoms with Crippen molar-refractivity contribution >= 4 is 88.0 Å². The minimum Gasteiger partial charge on any atom is -0.420 e. The molecule has 1 atom stereocenters. The molecule has 0 radical (unpaired) electrons. The topological polar surface area (TPSA) is 194 Å². The van der Waals surface area contributed by atoms with E-state index in [2.05, 4.69) is 65.8 Å². The third kappa shape index (κ3) is 14.9. The highest BCUT2D eigenvalue weighted by molar-refractivity contribution is 7.01. The van der Waals surface area contributed by atoms with Gasteiger partial charge in [0.1, 0.15) is 0 Å². The van der Waals surface area contributed by atoms with Crippen molar-refractivity contribution in [1.29, 1.82) is 0 Å². The van der Waals surface area contributed by atoms with Gasteiger partial charge >= 0.3 is 79.7 Å². The number of rotatable bonds is 40. The van der Waals surface area contributed by atoms with Crippen LogP contribution in [0.5, 0.6) is 0 Å². The predicted octanol–water partition coefficient (Wildman–Crippen LogP) is 3.53. The molecule has 0 fully saturated rings. The molecule has 0 spiro atoms. The molecule has 0 amide bonds. The molecule has 31 heteroatoms. The monoisotopic (exact) mass is 1070 g/mol. The molecule has 0 aromatic heterocycles. The van der Waals surface area contributed by atoms with Crippen LogP contribution in [0.25, 0.3) is 0 Å². The third-order valence-electron chi connectivity index (χ3n) is 8.49. The lowest BCUT2D eigenvalue weighted by atomic mass is 11.2. The zero-order valence-corrected chi connectivity index (χ0v) is 48.4. The first-order chi connectivity index (χ1) is 29.7. The summed E-state index contributed by atoms with van der Waals surface area (Å²) in [7, 11) is -26.6. The van der Waals surface area contributed by atoms with Gasteiger partial charge in [-0.1, -0.05) is 23.7 Å². The van der Waals surface area contributed by atoms with Crippen molar-refractivity contribution in [3.8, 4) is 0 Å². The Labute approximate surface area is 384 Å². The van der Waals surface area contributed by atoms with Crippen molar-refractivity contribution in [2.75, 3.05) is 85.3 Å². The molecule has 0 heterocycles. The van der Waals surface area contributed by atoms with Crippen molar-refractivity contribution in [3.05, 3.63) is 123 Å². The summed E-state index contributed by atoms with van der Waals surface area (Å²) in [5, 5.41) is 0. The first-order valence-electron chi connectivity index (χ1n) is 18.0. The fraction of sp³-hybridized carbons (Fsp3) is 0.375. The van der Waals surface area contributed by atoms with Crippen LogP contribution < -0.4 is 0 Å². The molecule has 0 N–H and O–H groups in total. The molecule has 0 saturated heterocycles. The second-order valence-electron chi connectivity index (χ2n) is 11.5. The van der Waals surface area contributed by atoms with Crippen LogP contribution in [0.3, 0.4) is 0 Å². The average Bonchev–Trinajstić information content (AvgIpc) is 3.35. The van der Waals surface area contributed by atoms with Crippen LogP contribution in [0.15, 0.2) is 123 Å². The molecule has 0 aliphatic carbocycles. The lowest BCUT2D eigenvalue weighted by Crippen LogP contribution is -2.72. The Bertz CT molecular complexity index is 1490. The van der Waals surface area contributed by atoms with Gasteiger partial charge in [-0.3, -0.25) is 0 Å². The first-order valence-corrected chi connectivity index (χ1v) is 36.0. The highest BCUT2D eigenvalue weighted by atomic mass is 28.6. The minimum atomic E-state index is -4.74. The van der Waals surface area contributed by atoms with Crippen LogP contribution >= 0.6 is 0 Å². The van der Waals surface area contributed by atoms with Gasteiger partial charge in [-0.05, 0) is 39.9 Å². The van der Waals surface area contributed by atoms with E-state index >= 15 is 0 Å². The number of hydrogen-bond donors (Lipinski definition) is 0. The molecule has 63 heavy (non-hydrogen) atoms. The highest BCUT2D eigenvalue weighted by Crippen LogP contribution is 2.34. The van der Waals surface area contributed by atoms with E-state index in [1.54, 1.807) is 17.1 Å². The largest absolute Gasteiger partial charge is 0.673 e. The maximum absolute atomic E-state index is 6.82. The van der Waals surface area contributed by atoms with Crippen molar-refractivity contribution in [2.24, 2.45) is 0 Å². The maximum Gasteiger partial charge on any atom is 0.673 e. The van der Waals surface area contributed by atoms with Crippen LogP contribution in [-0.2, 0) is 90.1 Å². The molecule has 0 aromatic carbocycles. The summed E-state index contributed by atoms with van der Waals surface area (Å²) in [5.41, 5.74) is 14.9. The summed E-state index contributed by atoms with van der Waals surface area (Å²) in [4.78, 5) is 0. The summed E-state index contributed by atoms with van der Waals surface area (Å²) in [6.07, 6.45) is 0. The second kappa shape index (κ2) is 26.9. The first kappa shape index (κ1) is 61.7. The highest BCUT2D eigenvalue weighted by Gasteiger charge is 2.71. The summed E-state index contributed by atoms with van der Waals surface area (Å²) < 4.78 is 126. The molecule has 0 bridgehead atoms. The summed E-state index contributed by atoms with van der Waals surface area (Å²) in [6.45, 7) is 39.7. The summed E-state index contributed by atoms with van der Waals surface area (Å²) in [5.74, 6) is 0. The van der Waals surface area contributed by atoms with Gasteiger partial charge in [0.2, 0.25) is 0 Å². The van der Waals surface area contributed by atoms with E-state index in [9.17, 15) is 0 Å². The molecular weight excluding hydrogens is 1000 g/mol. The SMILES string of the molecule is C=C[Si](C=C)(C=C)O[Si](C=C)(C=C)O[Si](C=C)(C=C)O[Si](C=C)(C=C)O[Si](C=C)(OC)O[Si](OC)(OC)O[Si](OC)(OC)O[Si](OC)(OC)O[Si](OC)(OC)O[Si](OC)(OC)OC. The molecule has 0 aliphatic heterocycles. The molecule has 21 nitrogen and oxygen atoms in total. The van der Waals surface area contributed by atoms with Crippen LogP contribution in [0.2, 0.25) is 0 Å². The Morgan fingerprint density at radius 2 is 0.460 bits per heavy atom. The Balaban J connectivity index is 7.53. The van der Waals surface area contributed by atoms with Crippen LogP contribution in [0.4, 0.5) is 0 Å². The van der Waals surface area contributed by atoms with E-state index in [-0.39, 0.29) is 0 Å². The van der Waals surface area contributed by atoms with Gasteiger partial charge in [-0.25, -0.2) is 0 Å². The zero-order valence-electron chi connectivity index (χ0n) is 38.4. The van der Waals surface area contributed by atoms with Crippen LogP contribution in [0.1, 0.15) is 0 Å². The molecular formula is C32H66O21Si10. The van der Waals surface area contributed by atoms with Gasteiger partial charge in [0, 0.05) is 85.3 Å². The van der Waals surface area contributed by atoms with E-state index in [1.165, 1.54) is 125 Å². The Morgan fingerprint density at radius 1 is 0.222 bits per heavy atom.